The molecule has 0 aliphatic heterocycles. The van der Waals surface area contributed by atoms with Gasteiger partial charge in [-0.25, -0.2) is 0 Å². The number of rotatable bonds is 7. The third kappa shape index (κ3) is 5.19. The fraction of sp³-hybridized carbons (Fsp3) is 0.667. The Morgan fingerprint density at radius 2 is 2.06 bits per heavy atom. The molecule has 1 heterocycles. The van der Waals surface area contributed by atoms with Crippen molar-refractivity contribution in [3.05, 3.63) is 13.6 Å². The number of hydrogen-bond acceptors (Lipinski definition) is 2. The Morgan fingerprint density at radius 3 is 2.62 bits per heavy atom. The van der Waals surface area contributed by atoms with E-state index in [0.29, 0.717) is 6.10 Å². The molecule has 1 unspecified atom stereocenters. The molecule has 16 heavy (non-hydrogen) atoms. The minimum atomic E-state index is 0.301. The highest BCUT2D eigenvalue weighted by molar-refractivity contribution is 9.12. The monoisotopic (exact) mass is 368 g/mol. The van der Waals surface area contributed by atoms with Crippen molar-refractivity contribution >= 4 is 43.2 Å². The summed E-state index contributed by atoms with van der Waals surface area (Å²) in [5.74, 6) is 0.958. The van der Waals surface area contributed by atoms with Crippen molar-refractivity contribution in [2.45, 2.75) is 52.1 Å². The molecule has 1 rings (SSSR count). The molecule has 0 saturated carbocycles. The second kappa shape index (κ2) is 7.72. The van der Waals surface area contributed by atoms with Gasteiger partial charge < -0.3 is 4.74 Å². The molecule has 0 N–H and O–H groups in total. The van der Waals surface area contributed by atoms with Gasteiger partial charge in [-0.3, -0.25) is 0 Å². The number of ether oxygens (including phenoxy) is 1. The molecular weight excluding hydrogens is 352 g/mol. The largest absolute Gasteiger partial charge is 0.489 e. The summed E-state index contributed by atoms with van der Waals surface area (Å²) in [6, 6.07) is 2.03. The summed E-state index contributed by atoms with van der Waals surface area (Å²) in [4.78, 5) is 0. The summed E-state index contributed by atoms with van der Waals surface area (Å²) in [6.45, 7) is 4.38. The molecule has 0 amide bonds. The van der Waals surface area contributed by atoms with E-state index >= 15 is 0 Å². The van der Waals surface area contributed by atoms with Crippen LogP contribution in [0.5, 0.6) is 5.75 Å². The van der Waals surface area contributed by atoms with Crippen molar-refractivity contribution < 1.29 is 4.74 Å². The average molecular weight is 370 g/mol. The molecule has 4 heteroatoms. The molecule has 0 fully saturated rings. The van der Waals surface area contributed by atoms with Gasteiger partial charge in [-0.2, -0.15) is 0 Å². The highest BCUT2D eigenvalue weighted by atomic mass is 79.9. The minimum Gasteiger partial charge on any atom is -0.489 e. The Bertz CT molecular complexity index is 312. The van der Waals surface area contributed by atoms with Crippen molar-refractivity contribution in [3.8, 4) is 5.75 Å². The summed E-state index contributed by atoms with van der Waals surface area (Å²) < 4.78 is 8.05. The maximum atomic E-state index is 5.88. The van der Waals surface area contributed by atoms with Crippen LogP contribution in [0.15, 0.2) is 13.6 Å². The molecule has 0 spiro atoms. The zero-order valence-electron chi connectivity index (χ0n) is 9.76. The fourth-order valence-electron chi connectivity index (χ4n) is 1.54. The average Bonchev–Trinajstić information content (AvgIpc) is 2.52. The topological polar surface area (TPSA) is 9.23 Å². The van der Waals surface area contributed by atoms with E-state index in [1.54, 1.807) is 11.3 Å². The van der Waals surface area contributed by atoms with Gasteiger partial charge in [-0.05, 0) is 51.6 Å². The summed E-state index contributed by atoms with van der Waals surface area (Å²) in [7, 11) is 0. The van der Waals surface area contributed by atoms with Gasteiger partial charge >= 0.3 is 0 Å². The van der Waals surface area contributed by atoms with E-state index in [9.17, 15) is 0 Å². The molecule has 0 radical (unpaired) electrons. The lowest BCUT2D eigenvalue weighted by molar-refractivity contribution is 0.206. The molecule has 0 bridgehead atoms. The van der Waals surface area contributed by atoms with Crippen LogP contribution in [0.3, 0.4) is 0 Å². The van der Waals surface area contributed by atoms with Gasteiger partial charge in [0.2, 0.25) is 0 Å². The SMILES string of the molecule is CCCCCCC(C)Oc1cc(Br)sc1Br. The summed E-state index contributed by atoms with van der Waals surface area (Å²) >= 11 is 8.61. The standard InChI is InChI=1S/C12H18Br2OS/c1-3-4-5-6-7-9(2)15-10-8-11(13)16-12(10)14/h8-9H,3-7H2,1-2H3. The molecule has 1 atom stereocenters. The lowest BCUT2D eigenvalue weighted by Gasteiger charge is -2.13. The fourth-order valence-corrected chi connectivity index (χ4v) is 4.16. The van der Waals surface area contributed by atoms with Gasteiger partial charge in [0.25, 0.3) is 0 Å². The Labute approximate surface area is 119 Å². The van der Waals surface area contributed by atoms with Crippen LogP contribution in [0.4, 0.5) is 0 Å². The van der Waals surface area contributed by atoms with Crippen LogP contribution in [0.2, 0.25) is 0 Å². The van der Waals surface area contributed by atoms with Crippen molar-refractivity contribution in [2.24, 2.45) is 0 Å². The first-order valence-corrected chi connectivity index (χ1v) is 8.15. The number of halogens is 2. The van der Waals surface area contributed by atoms with Gasteiger partial charge in [0.15, 0.2) is 0 Å². The Kier molecular flexibility index (Phi) is 7.01. The highest BCUT2D eigenvalue weighted by Crippen LogP contribution is 2.38. The van der Waals surface area contributed by atoms with Gasteiger partial charge in [0.1, 0.15) is 9.54 Å². The van der Waals surface area contributed by atoms with Crippen LogP contribution in [0.25, 0.3) is 0 Å². The van der Waals surface area contributed by atoms with Crippen molar-refractivity contribution in [3.63, 3.8) is 0 Å². The smallest absolute Gasteiger partial charge is 0.145 e. The van der Waals surface area contributed by atoms with Crippen LogP contribution in [0.1, 0.15) is 46.0 Å². The van der Waals surface area contributed by atoms with Crippen molar-refractivity contribution in [1.82, 2.24) is 0 Å². The van der Waals surface area contributed by atoms with E-state index < -0.39 is 0 Å². The number of thiophene rings is 1. The van der Waals surface area contributed by atoms with Crippen molar-refractivity contribution in [2.75, 3.05) is 0 Å². The zero-order valence-corrected chi connectivity index (χ0v) is 13.8. The number of unbranched alkanes of at least 4 members (excludes halogenated alkanes) is 3. The molecule has 0 aromatic carbocycles. The summed E-state index contributed by atoms with van der Waals surface area (Å²) in [5.41, 5.74) is 0. The second-order valence-electron chi connectivity index (χ2n) is 3.97. The van der Waals surface area contributed by atoms with E-state index in [2.05, 4.69) is 45.7 Å². The molecule has 1 aromatic rings. The third-order valence-corrected chi connectivity index (χ3v) is 4.70. The molecule has 0 saturated heterocycles. The predicted molar refractivity (Wildman–Crippen MR) is 78.6 cm³/mol. The normalized spacial score (nSPS) is 12.8. The van der Waals surface area contributed by atoms with E-state index in [0.717, 1.165) is 19.7 Å². The zero-order chi connectivity index (χ0) is 12.0. The second-order valence-corrected chi connectivity index (χ2v) is 7.72. The summed E-state index contributed by atoms with van der Waals surface area (Å²) in [5, 5.41) is 0. The highest BCUT2D eigenvalue weighted by Gasteiger charge is 2.10. The first kappa shape index (κ1) is 14.5. The molecule has 0 aliphatic rings. The van der Waals surface area contributed by atoms with Gasteiger partial charge in [0.05, 0.1) is 9.89 Å². The van der Waals surface area contributed by atoms with Crippen LogP contribution in [-0.4, -0.2) is 6.10 Å². The van der Waals surface area contributed by atoms with Gasteiger partial charge in [-0.1, -0.05) is 26.2 Å². The summed E-state index contributed by atoms with van der Waals surface area (Å²) in [6.07, 6.45) is 6.64. The van der Waals surface area contributed by atoms with Gasteiger partial charge in [-0.15, -0.1) is 11.3 Å². The Morgan fingerprint density at radius 1 is 1.31 bits per heavy atom. The van der Waals surface area contributed by atoms with Gasteiger partial charge in [0, 0.05) is 6.07 Å². The van der Waals surface area contributed by atoms with Crippen LogP contribution < -0.4 is 4.74 Å². The van der Waals surface area contributed by atoms with E-state index in [1.165, 1.54) is 25.7 Å². The first-order chi connectivity index (χ1) is 7.63. The molecule has 92 valence electrons. The lowest BCUT2D eigenvalue weighted by Crippen LogP contribution is -2.11. The van der Waals surface area contributed by atoms with Crippen LogP contribution >= 0.6 is 43.2 Å². The maximum Gasteiger partial charge on any atom is 0.145 e. The molecule has 1 aromatic heterocycles. The molecule has 1 nitrogen and oxygen atoms in total. The number of hydrogen-bond donors (Lipinski definition) is 0. The Balaban J connectivity index is 2.28. The minimum absolute atomic E-state index is 0.301. The van der Waals surface area contributed by atoms with Crippen molar-refractivity contribution in [1.29, 1.82) is 0 Å². The van der Waals surface area contributed by atoms with Crippen LogP contribution in [0, 0.1) is 0 Å². The van der Waals surface area contributed by atoms with Crippen LogP contribution in [-0.2, 0) is 0 Å². The van der Waals surface area contributed by atoms with E-state index in [4.69, 9.17) is 4.74 Å². The molecular formula is C12H18Br2OS. The first-order valence-electron chi connectivity index (χ1n) is 5.75. The maximum absolute atomic E-state index is 5.88. The van der Waals surface area contributed by atoms with E-state index in [1.807, 2.05) is 6.07 Å². The van der Waals surface area contributed by atoms with E-state index in [-0.39, 0.29) is 0 Å². The quantitative estimate of drug-likeness (QED) is 0.534. The predicted octanol–water partition coefficient (Wildman–Crippen LogP) is 6.01. The molecule has 0 aliphatic carbocycles. The lowest BCUT2D eigenvalue weighted by atomic mass is 10.1. The Hall–Kier alpha value is 0.460. The third-order valence-electron chi connectivity index (χ3n) is 2.42.